The van der Waals surface area contributed by atoms with Gasteiger partial charge in [0, 0.05) is 57.6 Å². The lowest BCUT2D eigenvalue weighted by molar-refractivity contribution is -0.142. The van der Waals surface area contributed by atoms with Crippen LogP contribution in [0.3, 0.4) is 0 Å². The number of imidazole rings is 1. The molecule has 36 heteroatoms. The van der Waals surface area contributed by atoms with Gasteiger partial charge in [-0.1, -0.05) is 12.5 Å². The highest BCUT2D eigenvalue weighted by Gasteiger charge is 2.40. The van der Waals surface area contributed by atoms with Crippen LogP contribution >= 0.6 is 0 Å². The van der Waals surface area contributed by atoms with Crippen molar-refractivity contribution in [1.82, 2.24) is 62.7 Å². The Morgan fingerprint density at radius 2 is 1.24 bits per heavy atom. The van der Waals surface area contributed by atoms with E-state index >= 15 is 0 Å². The number of carbonyl (C=O) groups is 10. The van der Waals surface area contributed by atoms with E-state index in [2.05, 4.69) is 62.8 Å². The smallest absolute Gasteiger partial charge is 0.268 e. The fourth-order valence-electron chi connectivity index (χ4n) is 9.23. The van der Waals surface area contributed by atoms with Gasteiger partial charge in [0.1, 0.15) is 48.0 Å². The van der Waals surface area contributed by atoms with Crippen molar-refractivity contribution in [3.63, 3.8) is 0 Å². The number of carbonyl (C=O) groups excluding carboxylic acids is 10. The first-order chi connectivity index (χ1) is 43.0. The third kappa shape index (κ3) is 29.0. The molecule has 0 radical (unpaired) electrons. The van der Waals surface area contributed by atoms with Gasteiger partial charge in [0.15, 0.2) is 5.96 Å². The van der Waals surface area contributed by atoms with Crippen LogP contribution in [0.5, 0.6) is 0 Å². The Morgan fingerprint density at radius 3 is 1.86 bits per heavy atom. The number of aromatic amines is 1. The number of rotatable bonds is 46. The number of nitrogens with one attached hydrogen (secondary N) is 10. The summed E-state index contributed by atoms with van der Waals surface area (Å²) < 4.78 is 0. The van der Waals surface area contributed by atoms with Gasteiger partial charge in [-0.2, -0.15) is 0 Å². The van der Waals surface area contributed by atoms with Crippen molar-refractivity contribution in [3.8, 4) is 0 Å². The normalized spacial score (nSPS) is 16.5. The van der Waals surface area contributed by atoms with Gasteiger partial charge in [-0.3, -0.25) is 52.9 Å². The molecule has 0 saturated carbocycles. The lowest BCUT2D eigenvalue weighted by atomic mass is 10.0. The zero-order valence-electron chi connectivity index (χ0n) is 51.2. The predicted octanol–water partition coefficient (Wildman–Crippen LogP) is -10.4. The fraction of sp³-hybridized carbons (Fsp3) is 0.704. The van der Waals surface area contributed by atoms with E-state index in [4.69, 9.17) is 57.3 Å². The molecule has 1 aromatic heterocycles. The van der Waals surface area contributed by atoms with Crippen molar-refractivity contribution in [2.45, 2.75) is 169 Å². The molecule has 11 unspecified atom stereocenters. The second-order valence-corrected chi connectivity index (χ2v) is 21.6. The number of likely N-dealkylation sites (tertiary alicyclic amines) is 1. The topological polar surface area (TPSA) is 644 Å². The lowest BCUT2D eigenvalue weighted by Crippen LogP contribution is -2.63. The molecule has 2 heterocycles. The minimum atomic E-state index is -1.84. The van der Waals surface area contributed by atoms with Crippen molar-refractivity contribution in [2.75, 3.05) is 72.0 Å². The Morgan fingerprint density at radius 1 is 0.633 bits per heavy atom. The quantitative estimate of drug-likeness (QED) is 0.0125. The Hall–Kier alpha value is -7.52. The molecule has 33 N–H and O–H groups in total. The summed E-state index contributed by atoms with van der Waals surface area (Å²) in [5.41, 5.74) is 56.6. The molecule has 0 spiro atoms. The zero-order valence-corrected chi connectivity index (χ0v) is 51.2. The van der Waals surface area contributed by atoms with Gasteiger partial charge in [-0.25, -0.2) is 4.98 Å². The second-order valence-electron chi connectivity index (χ2n) is 21.6. The summed E-state index contributed by atoms with van der Waals surface area (Å²) >= 11 is 0. The van der Waals surface area contributed by atoms with Crippen LogP contribution in [-0.2, 0) is 54.4 Å². The van der Waals surface area contributed by atoms with Gasteiger partial charge in [0.05, 0.1) is 37.2 Å². The average molecular weight is 1280 g/mol. The number of H-pyrrole nitrogens is 1. The van der Waals surface area contributed by atoms with Crippen molar-refractivity contribution in [3.05, 3.63) is 30.0 Å². The monoisotopic (exact) mass is 1280 g/mol. The molecule has 1 saturated heterocycles. The Labute approximate surface area is 523 Å². The largest absolute Gasteiger partial charge is 0.392 e. The third-order valence-electron chi connectivity index (χ3n) is 14.4. The zero-order chi connectivity index (χ0) is 67.1. The molecule has 1 aromatic rings. The van der Waals surface area contributed by atoms with E-state index in [0.717, 1.165) is 0 Å². The lowest BCUT2D eigenvalue weighted by Gasteiger charge is -2.30. The van der Waals surface area contributed by atoms with Gasteiger partial charge in [-0.05, 0) is 116 Å². The van der Waals surface area contributed by atoms with Crippen LogP contribution < -0.4 is 105 Å². The molecule has 1 aliphatic rings. The van der Waals surface area contributed by atoms with E-state index in [-0.39, 0.29) is 109 Å². The molecule has 0 aromatic carbocycles. The van der Waals surface area contributed by atoms with Gasteiger partial charge in [-0.15, -0.1) is 0 Å². The highest BCUT2D eigenvalue weighted by atomic mass is 16.3. The number of nitrogens with zero attached hydrogens (tertiary/aromatic N) is 3. The van der Waals surface area contributed by atoms with Crippen molar-refractivity contribution < 1.29 is 63.3 Å². The molecular formula is C54H101N23O13. The van der Waals surface area contributed by atoms with E-state index in [1.54, 1.807) is 0 Å². The highest BCUT2D eigenvalue weighted by Crippen LogP contribution is 2.21. The van der Waals surface area contributed by atoms with Crippen LogP contribution in [0.2, 0.25) is 0 Å². The molecule has 10 amide bonds. The summed E-state index contributed by atoms with van der Waals surface area (Å²) in [5, 5.41) is 54.2. The maximum absolute atomic E-state index is 14.5. The summed E-state index contributed by atoms with van der Waals surface area (Å²) in [6.45, 7) is -0.709. The van der Waals surface area contributed by atoms with Crippen LogP contribution in [0.1, 0.15) is 102 Å². The fourth-order valence-corrected chi connectivity index (χ4v) is 9.23. The number of guanidine groups is 1. The number of hydrogen-bond donors (Lipinski definition) is 23. The summed E-state index contributed by atoms with van der Waals surface area (Å²) in [6, 6.07) is -11.2. The first-order valence-electron chi connectivity index (χ1n) is 30.4. The molecule has 0 bridgehead atoms. The van der Waals surface area contributed by atoms with Crippen LogP contribution in [0.15, 0.2) is 29.3 Å². The Kier molecular flexibility index (Phi) is 38.4. The van der Waals surface area contributed by atoms with Gasteiger partial charge in [0.2, 0.25) is 53.2 Å². The number of amides is 10. The minimum Gasteiger partial charge on any atom is -0.392 e. The molecule has 1 aliphatic heterocycles. The number of nitrogens with two attached hydrogens (primary N) is 10. The first-order valence-corrected chi connectivity index (χ1v) is 30.4. The Bertz CT molecular complexity index is 2460. The first kappa shape index (κ1) is 78.6. The maximum atomic E-state index is 14.5. The molecular weight excluding hydrogens is 1180 g/mol. The number of aliphatic hydroxyl groups is 3. The van der Waals surface area contributed by atoms with Crippen molar-refractivity contribution in [2.24, 2.45) is 62.3 Å². The number of aliphatic hydroxyl groups excluding tert-OH is 3. The number of hydrogen-bond acceptors (Lipinski definition) is 23. The third-order valence-corrected chi connectivity index (χ3v) is 14.4. The Balaban J connectivity index is 2.40. The molecule has 36 nitrogen and oxygen atoms in total. The van der Waals surface area contributed by atoms with Crippen molar-refractivity contribution in [1.29, 1.82) is 0 Å². The van der Waals surface area contributed by atoms with Gasteiger partial charge >= 0.3 is 0 Å². The molecule has 11 atom stereocenters. The number of aliphatic imine (C=N–C) groups is 1. The predicted molar refractivity (Wildman–Crippen MR) is 331 cm³/mol. The molecule has 0 aliphatic carbocycles. The second kappa shape index (κ2) is 44.0. The van der Waals surface area contributed by atoms with Gasteiger partial charge < -0.3 is 130 Å². The van der Waals surface area contributed by atoms with E-state index in [9.17, 15) is 63.3 Å². The van der Waals surface area contributed by atoms with Crippen LogP contribution in [0.4, 0.5) is 0 Å². The summed E-state index contributed by atoms with van der Waals surface area (Å²) in [5.74, 6) is -8.97. The van der Waals surface area contributed by atoms with Gasteiger partial charge in [0.25, 0.3) is 5.91 Å². The average Bonchev–Trinajstić information content (AvgIpc) is 2.13. The molecule has 510 valence electrons. The molecule has 90 heavy (non-hydrogen) atoms. The maximum Gasteiger partial charge on any atom is 0.268 e. The summed E-state index contributed by atoms with van der Waals surface area (Å²) in [7, 11) is 0. The SMILES string of the molecule is NCCCCNC(=O)C(CCC(O)CN)NC(=O)C(=CCCN=C(N)N)NC(=O)C(CCCCN)NC(=O)C(Cc1cnc[nH]1)NC(=O)C1CCCN1C(=O)C(CCCN)NC(=O)CNC(=O)C(NC(=O)C(NC(=O)C(N)CCCCN)C(O)CN)C(O)CN. The number of aromatic nitrogens is 2. The van der Waals surface area contributed by atoms with Crippen LogP contribution in [0, 0.1) is 0 Å². The highest BCUT2D eigenvalue weighted by molar-refractivity contribution is 6.02. The van der Waals surface area contributed by atoms with E-state index in [1.165, 1.54) is 23.5 Å². The standard InChI is InChI=1S/C54H101N23O13/c55-17-3-1-10-33(62)45(82)75-44(41(80)27-61)52(89)76-43(40(79)26-60)51(88)68-29-42(81)70-37(12-7-20-58)53(90)77-23-9-14-39(77)50(87)74-38(24-31-28-65-30-69-31)49(86)72-34(11-2-4-18-56)47(84)71-35(13-8-22-67-54(63)64)48(85)73-36(16-15-32(78)25-59)46(83)66-21-6-5-19-57/h13,28,30,32-34,36-41,43-44,78-80H,1-12,14-27,29,55-62H2,(H,65,69)(H,66,83)(H,68,88)(H,70,81)(H,71,84)(H,72,86)(H,73,85)(H,74,87)(H,75,82)(H,76,89)(H4,63,64,67). The van der Waals surface area contributed by atoms with E-state index in [0.29, 0.717) is 63.7 Å². The minimum absolute atomic E-state index is 0.0114. The van der Waals surface area contributed by atoms with Crippen LogP contribution in [-0.4, -0.2) is 234 Å². The van der Waals surface area contributed by atoms with E-state index in [1.807, 2.05) is 0 Å². The number of unbranched alkanes of at least 4 members (excludes halogenated alkanes) is 3. The molecule has 2 rings (SSSR count). The van der Waals surface area contributed by atoms with Crippen molar-refractivity contribution >= 4 is 65.0 Å². The van der Waals surface area contributed by atoms with Crippen LogP contribution in [0.25, 0.3) is 0 Å². The summed E-state index contributed by atoms with van der Waals surface area (Å²) in [4.78, 5) is 151. The molecule has 1 fully saturated rings. The van der Waals surface area contributed by atoms with E-state index < -0.39 is 145 Å². The summed E-state index contributed by atoms with van der Waals surface area (Å²) in [6.07, 6.45) is 3.21.